The molecule has 7 nitrogen and oxygen atoms in total. The number of amides is 1. The number of hydrogen-bond donors (Lipinski definition) is 2. The Morgan fingerprint density at radius 1 is 1.29 bits per heavy atom. The molecule has 0 aliphatic carbocycles. The highest BCUT2D eigenvalue weighted by Gasteiger charge is 2.30. The van der Waals surface area contributed by atoms with Gasteiger partial charge in [-0.15, -0.1) is 0 Å². The van der Waals surface area contributed by atoms with E-state index in [-0.39, 0.29) is 23.6 Å². The molecule has 1 aromatic carbocycles. The van der Waals surface area contributed by atoms with Crippen LogP contribution in [0.25, 0.3) is 5.69 Å². The molecule has 1 aliphatic rings. The van der Waals surface area contributed by atoms with Crippen molar-refractivity contribution in [2.75, 3.05) is 6.61 Å². The van der Waals surface area contributed by atoms with E-state index in [2.05, 4.69) is 15.4 Å². The second kappa shape index (κ2) is 7.77. The first-order valence-electron chi connectivity index (χ1n) is 8.99. The van der Waals surface area contributed by atoms with Crippen molar-refractivity contribution in [3.63, 3.8) is 0 Å². The number of aromatic hydroxyl groups is 1. The van der Waals surface area contributed by atoms with Crippen LogP contribution in [-0.2, 0) is 4.74 Å². The van der Waals surface area contributed by atoms with Crippen LogP contribution in [0.4, 0.5) is 4.39 Å². The average Bonchev–Trinajstić information content (AvgIpc) is 3.11. The van der Waals surface area contributed by atoms with Gasteiger partial charge in [0.05, 0.1) is 17.9 Å². The van der Waals surface area contributed by atoms with Gasteiger partial charge in [0.25, 0.3) is 5.91 Å². The normalized spacial score (nSPS) is 19.3. The molecular weight excluding hydrogens is 363 g/mol. The summed E-state index contributed by atoms with van der Waals surface area (Å²) < 4.78 is 20.6. The van der Waals surface area contributed by atoms with Gasteiger partial charge in [0, 0.05) is 19.0 Å². The molecule has 4 rings (SSSR count). The van der Waals surface area contributed by atoms with Gasteiger partial charge in [-0.2, -0.15) is 5.10 Å². The third-order valence-electron chi connectivity index (χ3n) is 4.66. The number of pyridine rings is 1. The van der Waals surface area contributed by atoms with Crippen LogP contribution in [-0.4, -0.2) is 38.4 Å². The highest BCUT2D eigenvalue weighted by molar-refractivity contribution is 5.95. The molecule has 0 unspecified atom stereocenters. The molecule has 8 heteroatoms. The van der Waals surface area contributed by atoms with E-state index in [0.717, 1.165) is 18.4 Å². The molecule has 2 atom stereocenters. The number of carbonyl (C=O) groups excluding carboxylic acids is 1. The number of halogens is 1. The average molecular weight is 382 g/mol. The van der Waals surface area contributed by atoms with E-state index >= 15 is 0 Å². The van der Waals surface area contributed by atoms with Crippen molar-refractivity contribution >= 4 is 5.91 Å². The van der Waals surface area contributed by atoms with Gasteiger partial charge in [0.15, 0.2) is 11.4 Å². The molecule has 3 aromatic rings. The van der Waals surface area contributed by atoms with Crippen molar-refractivity contribution in [2.24, 2.45) is 0 Å². The molecule has 1 aliphatic heterocycles. The zero-order chi connectivity index (χ0) is 19.5. The van der Waals surface area contributed by atoms with Crippen LogP contribution >= 0.6 is 0 Å². The number of ether oxygens (including phenoxy) is 1. The zero-order valence-corrected chi connectivity index (χ0v) is 15.0. The molecule has 0 radical (unpaired) electrons. The first-order valence-corrected chi connectivity index (χ1v) is 8.99. The fourth-order valence-electron chi connectivity index (χ4n) is 3.32. The summed E-state index contributed by atoms with van der Waals surface area (Å²) in [5, 5.41) is 17.2. The summed E-state index contributed by atoms with van der Waals surface area (Å²) in [5.41, 5.74) is 1.21. The highest BCUT2D eigenvalue weighted by atomic mass is 19.1. The monoisotopic (exact) mass is 382 g/mol. The fraction of sp³-hybridized carbons (Fsp3) is 0.250. The molecule has 0 saturated carbocycles. The molecule has 1 saturated heterocycles. The molecule has 2 N–H and O–H groups in total. The third-order valence-corrected chi connectivity index (χ3v) is 4.66. The molecule has 144 valence electrons. The Morgan fingerprint density at radius 3 is 2.89 bits per heavy atom. The Bertz CT molecular complexity index is 977. The summed E-state index contributed by atoms with van der Waals surface area (Å²) in [5.74, 6) is -1.22. The lowest BCUT2D eigenvalue weighted by molar-refractivity contribution is -0.00958. The van der Waals surface area contributed by atoms with Crippen LogP contribution < -0.4 is 5.32 Å². The first kappa shape index (κ1) is 18.1. The lowest BCUT2D eigenvalue weighted by Crippen LogP contribution is -2.43. The van der Waals surface area contributed by atoms with E-state index in [0.29, 0.717) is 12.3 Å². The van der Waals surface area contributed by atoms with Gasteiger partial charge in [-0.1, -0.05) is 6.07 Å². The standard InChI is InChI=1S/C20H19FN4O3/c21-14-3-1-4-15(11-14)25-12-17(26)18(24-25)20(27)23-16-5-2-10-28-19(16)13-6-8-22-9-7-13/h1,3-4,6-9,11-12,16,19,26H,2,5,10H2,(H,23,27)/t16-,19+/m0/s1. The smallest absolute Gasteiger partial charge is 0.275 e. The minimum Gasteiger partial charge on any atom is -0.504 e. The minimum atomic E-state index is -0.512. The Labute approximate surface area is 160 Å². The van der Waals surface area contributed by atoms with E-state index in [1.165, 1.54) is 29.1 Å². The van der Waals surface area contributed by atoms with Gasteiger partial charge >= 0.3 is 0 Å². The van der Waals surface area contributed by atoms with Crippen LogP contribution in [0.5, 0.6) is 5.75 Å². The lowest BCUT2D eigenvalue weighted by atomic mass is 9.96. The van der Waals surface area contributed by atoms with Crippen molar-refractivity contribution in [2.45, 2.75) is 25.0 Å². The number of rotatable bonds is 4. The number of carbonyl (C=O) groups is 1. The quantitative estimate of drug-likeness (QED) is 0.724. The predicted molar refractivity (Wildman–Crippen MR) is 98.6 cm³/mol. The molecule has 2 aromatic heterocycles. The molecular formula is C20H19FN4O3. The second-order valence-electron chi connectivity index (χ2n) is 6.58. The lowest BCUT2D eigenvalue weighted by Gasteiger charge is -2.32. The maximum atomic E-state index is 13.4. The van der Waals surface area contributed by atoms with Crippen LogP contribution in [0, 0.1) is 5.82 Å². The SMILES string of the molecule is O=C(N[C@H]1CCCO[C@@H]1c1ccncc1)c1nn(-c2cccc(F)c2)cc1O. The zero-order valence-electron chi connectivity index (χ0n) is 15.0. The van der Waals surface area contributed by atoms with Gasteiger partial charge in [0.2, 0.25) is 0 Å². The van der Waals surface area contributed by atoms with Crippen molar-refractivity contribution in [1.29, 1.82) is 0 Å². The predicted octanol–water partition coefficient (Wildman–Crippen LogP) is 2.76. The Morgan fingerprint density at radius 2 is 2.11 bits per heavy atom. The number of nitrogens with one attached hydrogen (secondary N) is 1. The van der Waals surface area contributed by atoms with Crippen LogP contribution in [0.1, 0.15) is 35.0 Å². The summed E-state index contributed by atoms with van der Waals surface area (Å²) in [6, 6.07) is 9.18. The van der Waals surface area contributed by atoms with Crippen molar-refractivity contribution in [3.05, 3.63) is 72.1 Å². The maximum Gasteiger partial charge on any atom is 0.275 e. The summed E-state index contributed by atoms with van der Waals surface area (Å²) in [7, 11) is 0. The Kier molecular flexibility index (Phi) is 5.03. The molecule has 1 fully saturated rings. The largest absolute Gasteiger partial charge is 0.504 e. The molecule has 28 heavy (non-hydrogen) atoms. The number of aromatic nitrogens is 3. The molecule has 3 heterocycles. The van der Waals surface area contributed by atoms with E-state index < -0.39 is 11.7 Å². The van der Waals surface area contributed by atoms with Crippen molar-refractivity contribution in [3.8, 4) is 11.4 Å². The Balaban J connectivity index is 1.54. The maximum absolute atomic E-state index is 13.4. The topological polar surface area (TPSA) is 89.3 Å². The van der Waals surface area contributed by atoms with Crippen LogP contribution in [0.2, 0.25) is 0 Å². The highest BCUT2D eigenvalue weighted by Crippen LogP contribution is 2.29. The number of nitrogens with zero attached hydrogens (tertiary/aromatic N) is 3. The van der Waals surface area contributed by atoms with Gasteiger partial charge in [-0.25, -0.2) is 9.07 Å². The number of benzene rings is 1. The summed E-state index contributed by atoms with van der Waals surface area (Å²) >= 11 is 0. The van der Waals surface area contributed by atoms with E-state index in [4.69, 9.17) is 4.74 Å². The van der Waals surface area contributed by atoms with Crippen molar-refractivity contribution < 1.29 is 19.0 Å². The third kappa shape index (κ3) is 3.72. The number of hydrogen-bond acceptors (Lipinski definition) is 5. The Hall–Kier alpha value is -3.26. The minimum absolute atomic E-state index is 0.122. The van der Waals surface area contributed by atoms with E-state index in [9.17, 15) is 14.3 Å². The van der Waals surface area contributed by atoms with Gasteiger partial charge < -0.3 is 15.2 Å². The van der Waals surface area contributed by atoms with E-state index in [1.807, 2.05) is 12.1 Å². The van der Waals surface area contributed by atoms with Crippen LogP contribution in [0.15, 0.2) is 55.0 Å². The second-order valence-corrected chi connectivity index (χ2v) is 6.58. The fourth-order valence-corrected chi connectivity index (χ4v) is 3.32. The van der Waals surface area contributed by atoms with Gasteiger partial charge in [0.1, 0.15) is 11.9 Å². The van der Waals surface area contributed by atoms with Crippen molar-refractivity contribution in [1.82, 2.24) is 20.1 Å². The van der Waals surface area contributed by atoms with Gasteiger partial charge in [-0.05, 0) is 48.7 Å². The summed E-state index contributed by atoms with van der Waals surface area (Å²) in [6.45, 7) is 0.610. The molecule has 1 amide bonds. The summed E-state index contributed by atoms with van der Waals surface area (Å²) in [4.78, 5) is 16.7. The van der Waals surface area contributed by atoms with E-state index in [1.54, 1.807) is 18.5 Å². The first-order chi connectivity index (χ1) is 13.6. The van der Waals surface area contributed by atoms with Gasteiger partial charge in [-0.3, -0.25) is 9.78 Å². The molecule has 0 bridgehead atoms. The van der Waals surface area contributed by atoms with Crippen LogP contribution in [0.3, 0.4) is 0 Å². The summed E-state index contributed by atoms with van der Waals surface area (Å²) in [6.07, 6.45) is 5.90. The molecule has 0 spiro atoms.